The van der Waals surface area contributed by atoms with Crippen molar-refractivity contribution in [1.82, 2.24) is 5.43 Å². The molecular formula is C18H14N2O2. The minimum atomic E-state index is -0.307. The van der Waals surface area contributed by atoms with E-state index >= 15 is 0 Å². The number of amides is 1. The van der Waals surface area contributed by atoms with E-state index in [4.69, 9.17) is 4.42 Å². The van der Waals surface area contributed by atoms with E-state index in [2.05, 4.69) is 10.5 Å². The van der Waals surface area contributed by atoms with Crippen LogP contribution in [-0.4, -0.2) is 11.6 Å². The number of benzene rings is 2. The Kier molecular flexibility index (Phi) is 4.11. The highest BCUT2D eigenvalue weighted by atomic mass is 16.3. The topological polar surface area (TPSA) is 54.6 Å². The summed E-state index contributed by atoms with van der Waals surface area (Å²) in [6, 6.07) is 21.0. The van der Waals surface area contributed by atoms with Gasteiger partial charge in [0.25, 0.3) is 5.91 Å². The lowest BCUT2D eigenvalue weighted by molar-refractivity contribution is 0.0954. The molecule has 4 nitrogen and oxygen atoms in total. The Hall–Kier alpha value is -3.14. The van der Waals surface area contributed by atoms with Gasteiger partial charge in [0.15, 0.2) is 0 Å². The molecule has 0 saturated heterocycles. The lowest BCUT2D eigenvalue weighted by Crippen LogP contribution is -2.20. The highest BCUT2D eigenvalue weighted by Gasteiger charge is 2.09. The third kappa shape index (κ3) is 3.12. The number of furan rings is 1. The maximum atomic E-state index is 12.0. The molecule has 1 amide bonds. The molecular weight excluding hydrogens is 276 g/mol. The van der Waals surface area contributed by atoms with Crippen LogP contribution in [0.25, 0.3) is 0 Å². The molecule has 0 aliphatic rings. The van der Waals surface area contributed by atoms with Crippen LogP contribution >= 0.6 is 0 Å². The first-order chi connectivity index (χ1) is 10.8. The minimum absolute atomic E-state index is 0.307. The maximum Gasteiger partial charge on any atom is 0.274 e. The molecule has 0 atom stereocenters. The first-order valence-corrected chi connectivity index (χ1v) is 6.85. The van der Waals surface area contributed by atoms with Gasteiger partial charge in [-0.05, 0) is 6.07 Å². The van der Waals surface area contributed by atoms with E-state index in [9.17, 15) is 4.79 Å². The SMILES string of the molecule is O=C(NN=C(c1ccccc1)c1ccccc1)c1ccoc1. The fourth-order valence-corrected chi connectivity index (χ4v) is 2.05. The first kappa shape index (κ1) is 13.8. The number of hydrogen-bond donors (Lipinski definition) is 1. The van der Waals surface area contributed by atoms with E-state index in [1.165, 1.54) is 12.5 Å². The molecule has 108 valence electrons. The summed E-state index contributed by atoms with van der Waals surface area (Å²) >= 11 is 0. The van der Waals surface area contributed by atoms with E-state index in [1.54, 1.807) is 6.07 Å². The van der Waals surface area contributed by atoms with Crippen molar-refractivity contribution in [2.75, 3.05) is 0 Å². The van der Waals surface area contributed by atoms with Crippen LogP contribution in [0.2, 0.25) is 0 Å². The molecule has 0 bridgehead atoms. The van der Waals surface area contributed by atoms with Crippen molar-refractivity contribution in [3.8, 4) is 0 Å². The summed E-state index contributed by atoms with van der Waals surface area (Å²) in [5.41, 5.74) is 5.58. The molecule has 3 rings (SSSR count). The predicted molar refractivity (Wildman–Crippen MR) is 84.7 cm³/mol. The van der Waals surface area contributed by atoms with Gasteiger partial charge in [-0.3, -0.25) is 4.79 Å². The van der Waals surface area contributed by atoms with Crippen molar-refractivity contribution in [2.45, 2.75) is 0 Å². The van der Waals surface area contributed by atoms with Gasteiger partial charge >= 0.3 is 0 Å². The summed E-state index contributed by atoms with van der Waals surface area (Å²) in [6.45, 7) is 0. The fourth-order valence-electron chi connectivity index (χ4n) is 2.05. The van der Waals surface area contributed by atoms with E-state index in [-0.39, 0.29) is 5.91 Å². The molecule has 4 heteroatoms. The van der Waals surface area contributed by atoms with Gasteiger partial charge in [0.1, 0.15) is 6.26 Å². The number of hydrazone groups is 1. The van der Waals surface area contributed by atoms with Gasteiger partial charge in [-0.15, -0.1) is 0 Å². The second-order valence-electron chi connectivity index (χ2n) is 4.65. The average molecular weight is 290 g/mol. The monoisotopic (exact) mass is 290 g/mol. The molecule has 0 spiro atoms. The van der Waals surface area contributed by atoms with Crippen LogP contribution in [0.15, 0.2) is 88.8 Å². The Balaban J connectivity index is 1.92. The van der Waals surface area contributed by atoms with Crippen molar-refractivity contribution >= 4 is 11.6 Å². The summed E-state index contributed by atoms with van der Waals surface area (Å²) in [4.78, 5) is 12.0. The summed E-state index contributed by atoms with van der Waals surface area (Å²) in [6.07, 6.45) is 2.84. The number of carbonyl (C=O) groups excluding carboxylic acids is 1. The quantitative estimate of drug-likeness (QED) is 0.591. The normalized spacial score (nSPS) is 10.0. The Morgan fingerprint density at radius 1 is 0.818 bits per heavy atom. The first-order valence-electron chi connectivity index (χ1n) is 6.85. The van der Waals surface area contributed by atoms with Crippen molar-refractivity contribution in [3.63, 3.8) is 0 Å². The molecule has 3 aromatic rings. The molecule has 22 heavy (non-hydrogen) atoms. The molecule has 0 saturated carbocycles. The zero-order valence-corrected chi connectivity index (χ0v) is 11.8. The molecule has 0 radical (unpaired) electrons. The van der Waals surface area contributed by atoms with Crippen molar-refractivity contribution < 1.29 is 9.21 Å². The molecule has 1 N–H and O–H groups in total. The van der Waals surface area contributed by atoms with Crippen molar-refractivity contribution in [1.29, 1.82) is 0 Å². The third-order valence-corrected chi connectivity index (χ3v) is 3.15. The Morgan fingerprint density at radius 2 is 1.41 bits per heavy atom. The van der Waals surface area contributed by atoms with Gasteiger partial charge in [-0.1, -0.05) is 60.7 Å². The number of rotatable bonds is 4. The highest BCUT2D eigenvalue weighted by Crippen LogP contribution is 2.10. The lowest BCUT2D eigenvalue weighted by Gasteiger charge is -2.07. The predicted octanol–water partition coefficient (Wildman–Crippen LogP) is 3.46. The summed E-state index contributed by atoms with van der Waals surface area (Å²) < 4.78 is 4.90. The van der Waals surface area contributed by atoms with E-state index in [1.807, 2.05) is 60.7 Å². The van der Waals surface area contributed by atoms with Crippen LogP contribution in [0.1, 0.15) is 21.5 Å². The van der Waals surface area contributed by atoms with Gasteiger partial charge in [0, 0.05) is 11.1 Å². The molecule has 1 aromatic heterocycles. The average Bonchev–Trinajstić information content (AvgIpc) is 3.11. The van der Waals surface area contributed by atoms with Gasteiger partial charge < -0.3 is 4.42 Å². The van der Waals surface area contributed by atoms with E-state index in [0.29, 0.717) is 11.3 Å². The van der Waals surface area contributed by atoms with Crippen LogP contribution in [-0.2, 0) is 0 Å². The molecule has 0 unspecified atom stereocenters. The second kappa shape index (κ2) is 6.54. The smallest absolute Gasteiger partial charge is 0.274 e. The standard InChI is InChI=1S/C18H14N2O2/c21-18(16-11-12-22-13-16)20-19-17(14-7-3-1-4-8-14)15-9-5-2-6-10-15/h1-13H,(H,20,21). The molecule has 0 aliphatic carbocycles. The zero-order chi connectivity index (χ0) is 15.2. The summed E-state index contributed by atoms with van der Waals surface area (Å²) in [5, 5.41) is 4.30. The van der Waals surface area contributed by atoms with E-state index < -0.39 is 0 Å². The molecule has 0 fully saturated rings. The fraction of sp³-hybridized carbons (Fsp3) is 0. The second-order valence-corrected chi connectivity index (χ2v) is 4.65. The number of nitrogens with zero attached hydrogens (tertiary/aromatic N) is 1. The molecule has 2 aromatic carbocycles. The highest BCUT2D eigenvalue weighted by molar-refractivity contribution is 6.13. The van der Waals surface area contributed by atoms with Crippen LogP contribution in [0.3, 0.4) is 0 Å². The van der Waals surface area contributed by atoms with Crippen LogP contribution < -0.4 is 5.43 Å². The van der Waals surface area contributed by atoms with Gasteiger partial charge in [-0.25, -0.2) is 5.43 Å². The van der Waals surface area contributed by atoms with Crippen molar-refractivity contribution in [3.05, 3.63) is 95.9 Å². The third-order valence-electron chi connectivity index (χ3n) is 3.15. The largest absolute Gasteiger partial charge is 0.472 e. The van der Waals surface area contributed by atoms with Gasteiger partial charge in [-0.2, -0.15) is 5.10 Å². The van der Waals surface area contributed by atoms with Crippen LogP contribution in [0.5, 0.6) is 0 Å². The summed E-state index contributed by atoms with van der Waals surface area (Å²) in [7, 11) is 0. The summed E-state index contributed by atoms with van der Waals surface area (Å²) in [5.74, 6) is -0.307. The zero-order valence-electron chi connectivity index (χ0n) is 11.8. The molecule has 1 heterocycles. The Bertz CT molecular complexity index is 722. The minimum Gasteiger partial charge on any atom is -0.472 e. The Labute approximate surface area is 128 Å². The number of carbonyl (C=O) groups is 1. The Morgan fingerprint density at radius 3 is 1.91 bits per heavy atom. The van der Waals surface area contributed by atoms with E-state index in [0.717, 1.165) is 11.1 Å². The maximum absolute atomic E-state index is 12.0. The van der Waals surface area contributed by atoms with Crippen LogP contribution in [0, 0.1) is 0 Å². The van der Waals surface area contributed by atoms with Gasteiger partial charge in [0.05, 0.1) is 17.5 Å². The van der Waals surface area contributed by atoms with Crippen molar-refractivity contribution in [2.24, 2.45) is 5.10 Å². The van der Waals surface area contributed by atoms with Gasteiger partial charge in [0.2, 0.25) is 0 Å². The lowest BCUT2D eigenvalue weighted by atomic mass is 10.0. The number of hydrogen-bond acceptors (Lipinski definition) is 3. The van der Waals surface area contributed by atoms with Crippen LogP contribution in [0.4, 0.5) is 0 Å². The molecule has 0 aliphatic heterocycles. The number of nitrogens with one attached hydrogen (secondary N) is 1.